The molecular formula is C22H24N2O4. The van der Waals surface area contributed by atoms with Crippen LogP contribution in [0.4, 0.5) is 0 Å². The highest BCUT2D eigenvalue weighted by atomic mass is 16.4. The molecule has 1 aliphatic rings. The Labute approximate surface area is 164 Å². The third kappa shape index (κ3) is 4.39. The topological polar surface area (TPSA) is 77.9 Å². The van der Waals surface area contributed by atoms with Crippen molar-refractivity contribution in [3.8, 4) is 0 Å². The number of benzene rings is 2. The predicted octanol–water partition coefficient (Wildman–Crippen LogP) is 2.53. The van der Waals surface area contributed by atoms with Crippen LogP contribution in [0.25, 0.3) is 0 Å². The predicted molar refractivity (Wildman–Crippen MR) is 106 cm³/mol. The molecular weight excluding hydrogens is 356 g/mol. The molecule has 0 unspecified atom stereocenters. The van der Waals surface area contributed by atoms with E-state index in [0.29, 0.717) is 38.2 Å². The molecule has 0 atom stereocenters. The lowest BCUT2D eigenvalue weighted by molar-refractivity contribution is -0.131. The molecule has 2 aromatic carbocycles. The lowest BCUT2D eigenvalue weighted by Crippen LogP contribution is -2.51. The average Bonchev–Trinajstić information content (AvgIpc) is 2.68. The van der Waals surface area contributed by atoms with Gasteiger partial charge in [-0.2, -0.15) is 0 Å². The van der Waals surface area contributed by atoms with Crippen molar-refractivity contribution >= 4 is 17.8 Å². The van der Waals surface area contributed by atoms with Crippen LogP contribution in [0.5, 0.6) is 0 Å². The van der Waals surface area contributed by atoms with Crippen molar-refractivity contribution < 1.29 is 19.5 Å². The molecule has 0 radical (unpaired) electrons. The van der Waals surface area contributed by atoms with Gasteiger partial charge in [-0.05, 0) is 48.7 Å². The molecule has 1 heterocycles. The van der Waals surface area contributed by atoms with Gasteiger partial charge in [0.15, 0.2) is 0 Å². The molecule has 2 amide bonds. The Kier molecular flexibility index (Phi) is 5.78. The van der Waals surface area contributed by atoms with Crippen LogP contribution in [0.1, 0.15) is 37.4 Å². The molecule has 6 heteroatoms. The van der Waals surface area contributed by atoms with Gasteiger partial charge in [-0.3, -0.25) is 9.59 Å². The maximum absolute atomic E-state index is 12.8. The smallest absolute Gasteiger partial charge is 0.335 e. The van der Waals surface area contributed by atoms with Crippen molar-refractivity contribution in [2.24, 2.45) is 0 Å². The van der Waals surface area contributed by atoms with Crippen LogP contribution in [0.15, 0.2) is 42.5 Å². The number of aryl methyl sites for hydroxylation is 2. The van der Waals surface area contributed by atoms with Crippen LogP contribution in [0.2, 0.25) is 0 Å². The van der Waals surface area contributed by atoms with Crippen molar-refractivity contribution in [2.45, 2.75) is 20.3 Å². The molecule has 2 aromatic rings. The molecule has 1 saturated heterocycles. The van der Waals surface area contributed by atoms with Gasteiger partial charge in [-0.1, -0.05) is 24.3 Å². The summed E-state index contributed by atoms with van der Waals surface area (Å²) >= 11 is 0. The number of carbonyl (C=O) groups is 3. The van der Waals surface area contributed by atoms with Gasteiger partial charge in [0.2, 0.25) is 5.91 Å². The summed E-state index contributed by atoms with van der Waals surface area (Å²) in [5.74, 6) is -1.19. The quantitative estimate of drug-likeness (QED) is 0.884. The molecule has 0 bridgehead atoms. The van der Waals surface area contributed by atoms with E-state index in [4.69, 9.17) is 0 Å². The summed E-state index contributed by atoms with van der Waals surface area (Å²) < 4.78 is 0. The summed E-state index contributed by atoms with van der Waals surface area (Å²) in [5.41, 5.74) is 3.33. The molecule has 6 nitrogen and oxygen atoms in total. The second-order valence-electron chi connectivity index (χ2n) is 7.17. The van der Waals surface area contributed by atoms with Gasteiger partial charge in [-0.15, -0.1) is 0 Å². The first-order chi connectivity index (χ1) is 13.3. The van der Waals surface area contributed by atoms with Crippen molar-refractivity contribution in [2.75, 3.05) is 26.2 Å². The second kappa shape index (κ2) is 8.25. The molecule has 0 spiro atoms. The number of aromatic carboxylic acids is 1. The monoisotopic (exact) mass is 380 g/mol. The maximum Gasteiger partial charge on any atom is 0.335 e. The van der Waals surface area contributed by atoms with E-state index in [1.807, 2.05) is 31.2 Å². The Hall–Kier alpha value is -3.15. The zero-order chi connectivity index (χ0) is 20.3. The Balaban J connectivity index is 1.62. The minimum Gasteiger partial charge on any atom is -0.478 e. The maximum atomic E-state index is 12.8. The minimum atomic E-state index is -1.05. The van der Waals surface area contributed by atoms with E-state index >= 15 is 0 Å². The molecule has 1 N–H and O–H groups in total. The normalized spacial score (nSPS) is 14.1. The highest BCUT2D eigenvalue weighted by molar-refractivity contribution is 5.98. The lowest BCUT2D eigenvalue weighted by Gasteiger charge is -2.35. The third-order valence-corrected chi connectivity index (χ3v) is 5.09. The molecule has 1 aliphatic heterocycles. The van der Waals surface area contributed by atoms with Gasteiger partial charge < -0.3 is 14.9 Å². The molecule has 146 valence electrons. The number of nitrogens with zero attached hydrogens (tertiary/aromatic N) is 2. The number of piperazine rings is 1. The standard InChI is InChI=1S/C22H24N2O4/c1-15-11-18(13-19(12-15)22(27)28)21(26)24-9-7-23(8-10-24)20(25)14-17-6-4-3-5-16(17)2/h3-6,11-13H,7-10,14H2,1-2H3,(H,27,28). The molecule has 3 rings (SSSR count). The van der Waals surface area contributed by atoms with E-state index in [-0.39, 0.29) is 17.4 Å². The summed E-state index contributed by atoms with van der Waals surface area (Å²) in [6.07, 6.45) is 0.362. The molecule has 28 heavy (non-hydrogen) atoms. The summed E-state index contributed by atoms with van der Waals surface area (Å²) in [6.45, 7) is 5.60. The van der Waals surface area contributed by atoms with Gasteiger partial charge in [-0.25, -0.2) is 4.79 Å². The van der Waals surface area contributed by atoms with Crippen LogP contribution in [0.3, 0.4) is 0 Å². The summed E-state index contributed by atoms with van der Waals surface area (Å²) in [6, 6.07) is 12.5. The number of rotatable bonds is 4. The molecule has 0 saturated carbocycles. The number of hydrogen-bond acceptors (Lipinski definition) is 3. The Morgan fingerprint density at radius 1 is 0.893 bits per heavy atom. The summed E-state index contributed by atoms with van der Waals surface area (Å²) in [7, 11) is 0. The largest absolute Gasteiger partial charge is 0.478 e. The molecule has 0 aromatic heterocycles. The van der Waals surface area contributed by atoms with Crippen molar-refractivity contribution in [1.29, 1.82) is 0 Å². The van der Waals surface area contributed by atoms with Crippen molar-refractivity contribution in [1.82, 2.24) is 9.80 Å². The van der Waals surface area contributed by atoms with Crippen LogP contribution < -0.4 is 0 Å². The van der Waals surface area contributed by atoms with Gasteiger partial charge in [0, 0.05) is 31.7 Å². The summed E-state index contributed by atoms with van der Waals surface area (Å²) in [4.78, 5) is 40.0. The fourth-order valence-electron chi connectivity index (χ4n) is 3.45. The number of carbonyl (C=O) groups excluding carboxylic acids is 2. The first kappa shape index (κ1) is 19.6. The van der Waals surface area contributed by atoms with E-state index in [0.717, 1.165) is 16.7 Å². The summed E-state index contributed by atoms with van der Waals surface area (Å²) in [5, 5.41) is 9.19. The lowest BCUT2D eigenvalue weighted by atomic mass is 10.0. The number of amides is 2. The highest BCUT2D eigenvalue weighted by Gasteiger charge is 2.25. The average molecular weight is 380 g/mol. The SMILES string of the molecule is Cc1cc(C(=O)O)cc(C(=O)N2CCN(C(=O)Cc3ccccc3C)CC2)c1. The number of hydrogen-bond donors (Lipinski definition) is 1. The highest BCUT2D eigenvalue weighted by Crippen LogP contribution is 2.15. The fraction of sp³-hybridized carbons (Fsp3) is 0.318. The first-order valence-electron chi connectivity index (χ1n) is 9.31. The fourth-order valence-corrected chi connectivity index (χ4v) is 3.45. The van der Waals surface area contributed by atoms with Crippen molar-refractivity contribution in [3.05, 3.63) is 70.3 Å². The van der Waals surface area contributed by atoms with E-state index in [2.05, 4.69) is 0 Å². The van der Waals surface area contributed by atoms with Crippen molar-refractivity contribution in [3.63, 3.8) is 0 Å². The first-order valence-corrected chi connectivity index (χ1v) is 9.31. The zero-order valence-electron chi connectivity index (χ0n) is 16.1. The van der Waals surface area contributed by atoms with E-state index in [9.17, 15) is 19.5 Å². The van der Waals surface area contributed by atoms with Gasteiger partial charge >= 0.3 is 5.97 Å². The van der Waals surface area contributed by atoms with Gasteiger partial charge in [0.25, 0.3) is 5.91 Å². The minimum absolute atomic E-state index is 0.0603. The molecule has 1 fully saturated rings. The molecule has 0 aliphatic carbocycles. The van der Waals surface area contributed by atoms with Crippen LogP contribution in [-0.4, -0.2) is 58.9 Å². The van der Waals surface area contributed by atoms with Crippen LogP contribution in [0, 0.1) is 13.8 Å². The number of carboxylic acid groups (broad SMARTS) is 1. The van der Waals surface area contributed by atoms with E-state index in [1.54, 1.807) is 28.9 Å². The van der Waals surface area contributed by atoms with Crippen LogP contribution >= 0.6 is 0 Å². The van der Waals surface area contributed by atoms with E-state index < -0.39 is 5.97 Å². The van der Waals surface area contributed by atoms with Gasteiger partial charge in [0.05, 0.1) is 12.0 Å². The third-order valence-electron chi connectivity index (χ3n) is 5.09. The zero-order valence-corrected chi connectivity index (χ0v) is 16.1. The number of carboxylic acids is 1. The Bertz CT molecular complexity index is 915. The second-order valence-corrected chi connectivity index (χ2v) is 7.17. The van der Waals surface area contributed by atoms with Gasteiger partial charge in [0.1, 0.15) is 0 Å². The van der Waals surface area contributed by atoms with E-state index in [1.165, 1.54) is 6.07 Å². The Morgan fingerprint density at radius 2 is 1.50 bits per heavy atom. The van der Waals surface area contributed by atoms with Crippen LogP contribution in [-0.2, 0) is 11.2 Å². The Morgan fingerprint density at radius 3 is 2.14 bits per heavy atom.